The van der Waals surface area contributed by atoms with Gasteiger partial charge in [-0.15, -0.1) is 11.3 Å². The largest absolute Gasteiger partial charge is 0.312 e. The van der Waals surface area contributed by atoms with Gasteiger partial charge in [-0.05, 0) is 5.56 Å². The highest BCUT2D eigenvalue weighted by Crippen LogP contribution is 2.36. The van der Waals surface area contributed by atoms with Crippen molar-refractivity contribution in [2.45, 2.75) is 13.3 Å². The van der Waals surface area contributed by atoms with Gasteiger partial charge in [0.05, 0.1) is 11.8 Å². The zero-order chi connectivity index (χ0) is 16.9. The van der Waals surface area contributed by atoms with Crippen molar-refractivity contribution in [3.05, 3.63) is 65.6 Å². The van der Waals surface area contributed by atoms with Crippen LogP contribution in [-0.4, -0.2) is 21.7 Å². The van der Waals surface area contributed by atoms with Gasteiger partial charge in [-0.1, -0.05) is 37.3 Å². The van der Waals surface area contributed by atoms with Crippen LogP contribution in [0.25, 0.3) is 11.1 Å². The summed E-state index contributed by atoms with van der Waals surface area (Å²) in [4.78, 5) is 32.6. The monoisotopic (exact) mass is 337 g/mol. The lowest BCUT2D eigenvalue weighted by atomic mass is 10.00. The van der Waals surface area contributed by atoms with E-state index in [-0.39, 0.29) is 17.4 Å². The zero-order valence-electron chi connectivity index (χ0n) is 13.0. The van der Waals surface area contributed by atoms with Gasteiger partial charge in [-0.25, -0.2) is 4.98 Å². The number of hydrogen-bond acceptors (Lipinski definition) is 5. The number of anilines is 1. The van der Waals surface area contributed by atoms with Crippen LogP contribution < -0.4 is 5.32 Å². The molecule has 0 bridgehead atoms. The number of amides is 1. The molecule has 120 valence electrons. The number of hydrogen-bond donors (Lipinski definition) is 1. The molecule has 0 saturated carbocycles. The maximum atomic E-state index is 12.4. The summed E-state index contributed by atoms with van der Waals surface area (Å²) in [6.07, 6.45) is 4.71. The number of carbonyl (C=O) groups excluding carboxylic acids is 2. The Kier molecular flexibility index (Phi) is 4.77. The number of nitrogens with one attached hydrogen (secondary N) is 1. The highest BCUT2D eigenvalue weighted by Gasteiger charge is 2.21. The van der Waals surface area contributed by atoms with E-state index in [2.05, 4.69) is 15.3 Å². The first-order valence-corrected chi connectivity index (χ1v) is 8.36. The highest BCUT2D eigenvalue weighted by molar-refractivity contribution is 7.15. The molecule has 2 aromatic heterocycles. The van der Waals surface area contributed by atoms with Gasteiger partial charge in [0, 0.05) is 29.8 Å². The number of thiophene rings is 1. The smallest absolute Gasteiger partial charge is 0.276 e. The summed E-state index contributed by atoms with van der Waals surface area (Å²) in [6, 6.07) is 9.66. The first-order valence-electron chi connectivity index (χ1n) is 7.48. The van der Waals surface area contributed by atoms with Crippen molar-refractivity contribution in [1.29, 1.82) is 0 Å². The maximum absolute atomic E-state index is 12.4. The van der Waals surface area contributed by atoms with E-state index in [1.54, 1.807) is 0 Å². The number of rotatable bonds is 5. The summed E-state index contributed by atoms with van der Waals surface area (Å²) in [6.45, 7) is 1.81. The van der Waals surface area contributed by atoms with Gasteiger partial charge in [0.2, 0.25) is 0 Å². The molecule has 0 fully saturated rings. The van der Waals surface area contributed by atoms with Crippen LogP contribution in [0.1, 0.15) is 34.2 Å². The summed E-state index contributed by atoms with van der Waals surface area (Å²) < 4.78 is 0. The van der Waals surface area contributed by atoms with Gasteiger partial charge in [-0.3, -0.25) is 14.6 Å². The fourth-order valence-electron chi connectivity index (χ4n) is 2.32. The molecule has 0 aliphatic rings. The molecule has 5 nitrogen and oxygen atoms in total. The summed E-state index contributed by atoms with van der Waals surface area (Å²) in [5.41, 5.74) is 2.54. The molecule has 3 aromatic rings. The molecule has 2 heterocycles. The van der Waals surface area contributed by atoms with Crippen LogP contribution >= 0.6 is 11.3 Å². The van der Waals surface area contributed by atoms with Crippen LogP contribution in [0.2, 0.25) is 0 Å². The van der Waals surface area contributed by atoms with E-state index in [1.165, 1.54) is 29.9 Å². The second kappa shape index (κ2) is 7.14. The van der Waals surface area contributed by atoms with Crippen LogP contribution in [0, 0.1) is 0 Å². The Morgan fingerprint density at radius 3 is 2.62 bits per heavy atom. The molecule has 1 N–H and O–H groups in total. The summed E-state index contributed by atoms with van der Waals surface area (Å²) in [7, 11) is 0. The lowest BCUT2D eigenvalue weighted by Gasteiger charge is -2.07. The first kappa shape index (κ1) is 16.0. The molecular formula is C18H15N3O2S. The predicted octanol–water partition coefficient (Wildman–Crippen LogP) is 4.05. The quantitative estimate of drug-likeness (QED) is 0.713. The van der Waals surface area contributed by atoms with Crippen LogP contribution in [0.5, 0.6) is 0 Å². The Morgan fingerprint density at radius 1 is 1.17 bits per heavy atom. The zero-order valence-corrected chi connectivity index (χ0v) is 13.8. The van der Waals surface area contributed by atoms with Crippen molar-refractivity contribution < 1.29 is 9.59 Å². The number of benzene rings is 1. The van der Waals surface area contributed by atoms with Crippen molar-refractivity contribution >= 4 is 28.0 Å². The van der Waals surface area contributed by atoms with E-state index in [0.29, 0.717) is 17.0 Å². The minimum atomic E-state index is -0.380. The number of nitrogens with zero attached hydrogens (tertiary/aromatic N) is 2. The highest BCUT2D eigenvalue weighted by atomic mass is 32.1. The minimum Gasteiger partial charge on any atom is -0.312 e. The van der Waals surface area contributed by atoms with Gasteiger partial charge < -0.3 is 5.32 Å². The molecule has 24 heavy (non-hydrogen) atoms. The Balaban J connectivity index is 1.98. The Morgan fingerprint density at radius 2 is 1.96 bits per heavy atom. The second-order valence-corrected chi connectivity index (χ2v) is 5.92. The Bertz CT molecular complexity index is 860. The molecule has 1 amide bonds. The van der Waals surface area contributed by atoms with Crippen LogP contribution in [0.4, 0.5) is 5.00 Å². The molecule has 0 unspecified atom stereocenters. The van der Waals surface area contributed by atoms with E-state index >= 15 is 0 Å². The number of aromatic nitrogens is 2. The second-order valence-electron chi connectivity index (χ2n) is 5.04. The van der Waals surface area contributed by atoms with Crippen molar-refractivity contribution in [3.8, 4) is 11.1 Å². The molecule has 6 heteroatoms. The molecular weight excluding hydrogens is 322 g/mol. The maximum Gasteiger partial charge on any atom is 0.276 e. The van der Waals surface area contributed by atoms with E-state index in [1.807, 2.05) is 42.6 Å². The SMILES string of the molecule is CCC(=O)c1c(-c2ccccc2)csc1NC(=O)c1cnccn1. The van der Waals surface area contributed by atoms with Crippen LogP contribution in [0.15, 0.2) is 54.3 Å². The lowest BCUT2D eigenvalue weighted by Crippen LogP contribution is -2.15. The lowest BCUT2D eigenvalue weighted by molar-refractivity contribution is 0.0990. The van der Waals surface area contributed by atoms with E-state index < -0.39 is 0 Å². The van der Waals surface area contributed by atoms with Crippen molar-refractivity contribution in [1.82, 2.24) is 9.97 Å². The average Bonchev–Trinajstić information content (AvgIpc) is 3.06. The first-order chi connectivity index (χ1) is 11.7. The fourth-order valence-corrected chi connectivity index (χ4v) is 3.30. The minimum absolute atomic E-state index is 0.00968. The van der Waals surface area contributed by atoms with Gasteiger partial charge in [0.25, 0.3) is 5.91 Å². The van der Waals surface area contributed by atoms with Crippen molar-refractivity contribution in [2.75, 3.05) is 5.32 Å². The predicted molar refractivity (Wildman–Crippen MR) is 94.4 cm³/mol. The molecule has 1 aromatic carbocycles. The number of ketones is 1. The summed E-state index contributed by atoms with van der Waals surface area (Å²) in [5.74, 6) is -0.390. The standard InChI is InChI=1S/C18H15N3O2S/c1-2-15(22)16-13(12-6-4-3-5-7-12)11-24-18(16)21-17(23)14-10-19-8-9-20-14/h3-11H,2H2,1H3,(H,21,23). The van der Waals surface area contributed by atoms with Gasteiger partial charge in [0.15, 0.2) is 5.78 Å². The van der Waals surface area contributed by atoms with Gasteiger partial charge in [-0.2, -0.15) is 0 Å². The van der Waals surface area contributed by atoms with Crippen molar-refractivity contribution in [2.24, 2.45) is 0 Å². The topological polar surface area (TPSA) is 72.0 Å². The van der Waals surface area contributed by atoms with E-state index in [9.17, 15) is 9.59 Å². The Hall–Kier alpha value is -2.86. The number of carbonyl (C=O) groups is 2. The molecule has 0 saturated heterocycles. The van der Waals surface area contributed by atoms with E-state index in [0.717, 1.165) is 11.1 Å². The third-order valence-electron chi connectivity index (χ3n) is 3.50. The molecule has 3 rings (SSSR count). The normalized spacial score (nSPS) is 10.4. The molecule has 0 spiro atoms. The third-order valence-corrected chi connectivity index (χ3v) is 4.39. The van der Waals surface area contributed by atoms with Gasteiger partial charge >= 0.3 is 0 Å². The Labute approximate surface area is 143 Å². The van der Waals surface area contributed by atoms with E-state index in [4.69, 9.17) is 0 Å². The molecule has 0 aliphatic carbocycles. The number of Topliss-reactive ketones (excluding diaryl/α,β-unsaturated/α-hetero) is 1. The molecule has 0 aliphatic heterocycles. The summed E-state index contributed by atoms with van der Waals surface area (Å²) in [5, 5.41) is 5.22. The summed E-state index contributed by atoms with van der Waals surface area (Å²) >= 11 is 1.34. The fraction of sp³-hybridized carbons (Fsp3) is 0.111. The van der Waals surface area contributed by atoms with Crippen molar-refractivity contribution in [3.63, 3.8) is 0 Å². The third kappa shape index (κ3) is 3.23. The molecule has 0 radical (unpaired) electrons. The van der Waals surface area contributed by atoms with Crippen LogP contribution in [0.3, 0.4) is 0 Å². The molecule has 0 atom stereocenters. The van der Waals surface area contributed by atoms with Crippen LogP contribution in [-0.2, 0) is 0 Å². The van der Waals surface area contributed by atoms with Gasteiger partial charge in [0.1, 0.15) is 10.7 Å². The average molecular weight is 337 g/mol.